The van der Waals surface area contributed by atoms with E-state index in [-0.39, 0.29) is 22.7 Å². The van der Waals surface area contributed by atoms with Crippen LogP contribution in [0, 0.1) is 17.0 Å². The van der Waals surface area contributed by atoms with Crippen molar-refractivity contribution in [2.24, 2.45) is 0 Å². The highest BCUT2D eigenvalue weighted by Crippen LogP contribution is 2.24. The lowest BCUT2D eigenvalue weighted by molar-refractivity contribution is -0.385. The first-order valence-corrected chi connectivity index (χ1v) is 7.05. The van der Waals surface area contributed by atoms with Gasteiger partial charge < -0.3 is 9.47 Å². The van der Waals surface area contributed by atoms with E-state index in [9.17, 15) is 23.7 Å². The van der Waals surface area contributed by atoms with Crippen molar-refractivity contribution in [3.05, 3.63) is 69.8 Å². The third-order valence-electron chi connectivity index (χ3n) is 3.12. The summed E-state index contributed by atoms with van der Waals surface area (Å²) in [7, 11) is 0. The summed E-state index contributed by atoms with van der Waals surface area (Å²) in [4.78, 5) is 22.0. The second-order valence-electron chi connectivity index (χ2n) is 4.88. The molecule has 0 aromatic heterocycles. The minimum absolute atomic E-state index is 0.0762. The summed E-state index contributed by atoms with van der Waals surface area (Å²) in [6, 6.07) is 9.85. The number of rotatable bonds is 6. The van der Waals surface area contributed by atoms with Crippen molar-refractivity contribution in [1.82, 2.24) is 0 Å². The van der Waals surface area contributed by atoms with Crippen molar-refractivity contribution in [2.45, 2.75) is 13.5 Å². The fraction of sp³-hybridized carbons (Fsp3) is 0.118. The van der Waals surface area contributed by atoms with Gasteiger partial charge in [-0.2, -0.15) is 8.78 Å². The van der Waals surface area contributed by atoms with Gasteiger partial charge in [-0.3, -0.25) is 10.1 Å². The Labute approximate surface area is 141 Å². The molecule has 0 atom stereocenters. The van der Waals surface area contributed by atoms with Crippen LogP contribution in [0.25, 0.3) is 6.08 Å². The zero-order valence-electron chi connectivity index (χ0n) is 13.0. The van der Waals surface area contributed by atoms with Gasteiger partial charge in [-0.25, -0.2) is 4.79 Å². The third kappa shape index (κ3) is 5.10. The lowest BCUT2D eigenvalue weighted by Crippen LogP contribution is -2.05. The molecule has 0 unspecified atom stereocenters. The highest BCUT2D eigenvalue weighted by atomic mass is 19.3. The SMILES string of the molecule is Cc1cc(OC(=O)/C=C/c2ccccc2OC(F)F)ccc1[N+](=O)[O-]. The fourth-order valence-corrected chi connectivity index (χ4v) is 2.03. The van der Waals surface area contributed by atoms with Crippen LogP contribution in [-0.4, -0.2) is 17.5 Å². The van der Waals surface area contributed by atoms with Crippen molar-refractivity contribution >= 4 is 17.7 Å². The van der Waals surface area contributed by atoms with Gasteiger partial charge in [0.05, 0.1) is 4.92 Å². The van der Waals surface area contributed by atoms with Crippen molar-refractivity contribution in [1.29, 1.82) is 0 Å². The van der Waals surface area contributed by atoms with E-state index in [4.69, 9.17) is 4.74 Å². The van der Waals surface area contributed by atoms with Crippen molar-refractivity contribution < 1.29 is 28.0 Å². The number of hydrogen-bond donors (Lipinski definition) is 0. The molecule has 0 bridgehead atoms. The molecule has 130 valence electrons. The smallest absolute Gasteiger partial charge is 0.387 e. The second-order valence-corrected chi connectivity index (χ2v) is 4.88. The van der Waals surface area contributed by atoms with Gasteiger partial charge in [0.15, 0.2) is 0 Å². The predicted octanol–water partition coefficient (Wildman–Crippen LogP) is 4.12. The molecular formula is C17H13F2NO5. The maximum atomic E-state index is 12.3. The van der Waals surface area contributed by atoms with Gasteiger partial charge in [0.1, 0.15) is 11.5 Å². The van der Waals surface area contributed by atoms with Gasteiger partial charge in [0.25, 0.3) is 5.69 Å². The summed E-state index contributed by atoms with van der Waals surface area (Å²) < 4.78 is 34.0. The Hall–Kier alpha value is -3.29. The number of halogens is 2. The molecule has 0 fully saturated rings. The number of hydrogen-bond acceptors (Lipinski definition) is 5. The summed E-state index contributed by atoms with van der Waals surface area (Å²) in [6.07, 6.45) is 2.32. The summed E-state index contributed by atoms with van der Waals surface area (Å²) in [5.74, 6) is -0.706. The van der Waals surface area contributed by atoms with E-state index in [1.807, 2.05) is 0 Å². The van der Waals surface area contributed by atoms with Crippen molar-refractivity contribution in [3.8, 4) is 11.5 Å². The maximum absolute atomic E-state index is 12.3. The number of nitro benzene ring substituents is 1. The molecule has 0 aliphatic carbocycles. The van der Waals surface area contributed by atoms with E-state index in [0.29, 0.717) is 5.56 Å². The largest absolute Gasteiger partial charge is 0.434 e. The number of alkyl halides is 2. The first kappa shape index (κ1) is 18.1. The molecule has 8 heteroatoms. The standard InChI is InChI=1S/C17H13F2NO5/c1-11-10-13(7-8-14(11)20(22)23)24-16(21)9-6-12-4-2-3-5-15(12)25-17(18)19/h2-10,17H,1H3/b9-6+. The number of benzene rings is 2. The normalized spacial score (nSPS) is 10.9. The summed E-state index contributed by atoms with van der Waals surface area (Å²) in [5, 5.41) is 10.7. The van der Waals surface area contributed by atoms with E-state index in [1.165, 1.54) is 49.4 Å². The molecule has 0 amide bonds. The highest BCUT2D eigenvalue weighted by Gasteiger charge is 2.12. The van der Waals surface area contributed by atoms with Crippen LogP contribution in [0.5, 0.6) is 11.5 Å². The van der Waals surface area contributed by atoms with Gasteiger partial charge in [-0.1, -0.05) is 18.2 Å². The maximum Gasteiger partial charge on any atom is 0.387 e. The molecule has 2 aromatic rings. The molecule has 2 rings (SSSR count). The van der Waals surface area contributed by atoms with Crippen LogP contribution < -0.4 is 9.47 Å². The second kappa shape index (κ2) is 8.00. The Kier molecular flexibility index (Phi) is 5.78. The molecule has 0 radical (unpaired) electrons. The molecule has 6 nitrogen and oxygen atoms in total. The van der Waals surface area contributed by atoms with Crippen molar-refractivity contribution in [2.75, 3.05) is 0 Å². The average molecular weight is 349 g/mol. The molecule has 0 aliphatic heterocycles. The first-order valence-electron chi connectivity index (χ1n) is 7.05. The number of nitro groups is 1. The number of esters is 1. The van der Waals surface area contributed by atoms with Gasteiger partial charge in [0.2, 0.25) is 0 Å². The molecule has 2 aromatic carbocycles. The zero-order chi connectivity index (χ0) is 18.4. The Bertz CT molecular complexity index is 820. The van der Waals surface area contributed by atoms with Gasteiger partial charge >= 0.3 is 12.6 Å². The number of carbonyl (C=O) groups excluding carboxylic acids is 1. The summed E-state index contributed by atoms with van der Waals surface area (Å²) in [6.45, 7) is -1.46. The Morgan fingerprint density at radius 1 is 1.24 bits per heavy atom. The van der Waals surface area contributed by atoms with Crippen LogP contribution in [-0.2, 0) is 4.79 Å². The topological polar surface area (TPSA) is 78.7 Å². The first-order chi connectivity index (χ1) is 11.9. The third-order valence-corrected chi connectivity index (χ3v) is 3.12. The number of ether oxygens (including phenoxy) is 2. The molecule has 0 saturated heterocycles. The quantitative estimate of drug-likeness (QED) is 0.258. The molecule has 0 saturated carbocycles. The number of carbonyl (C=O) groups is 1. The Morgan fingerprint density at radius 2 is 1.96 bits per heavy atom. The van der Waals surface area contributed by atoms with Crippen LogP contribution in [0.4, 0.5) is 14.5 Å². The van der Waals surface area contributed by atoms with Crippen LogP contribution >= 0.6 is 0 Å². The molecule has 0 spiro atoms. The van der Waals surface area contributed by atoms with Gasteiger partial charge in [-0.05, 0) is 31.2 Å². The zero-order valence-corrected chi connectivity index (χ0v) is 13.0. The molecule has 0 aliphatic rings. The Morgan fingerprint density at radius 3 is 2.60 bits per heavy atom. The predicted molar refractivity (Wildman–Crippen MR) is 85.6 cm³/mol. The minimum Gasteiger partial charge on any atom is -0.434 e. The molecular weight excluding hydrogens is 336 g/mol. The summed E-state index contributed by atoms with van der Waals surface area (Å²) >= 11 is 0. The Balaban J connectivity index is 2.09. The molecule has 25 heavy (non-hydrogen) atoms. The number of para-hydroxylation sites is 1. The van der Waals surface area contributed by atoms with Crippen LogP contribution in [0.3, 0.4) is 0 Å². The average Bonchev–Trinajstić information content (AvgIpc) is 2.53. The number of aryl methyl sites for hydroxylation is 1. The number of nitrogens with zero attached hydrogens (tertiary/aromatic N) is 1. The minimum atomic E-state index is -2.98. The van der Waals surface area contributed by atoms with Gasteiger partial charge in [-0.15, -0.1) is 0 Å². The van der Waals surface area contributed by atoms with E-state index in [1.54, 1.807) is 6.07 Å². The van der Waals surface area contributed by atoms with E-state index in [0.717, 1.165) is 6.08 Å². The lowest BCUT2D eigenvalue weighted by atomic mass is 10.2. The lowest BCUT2D eigenvalue weighted by Gasteiger charge is -2.07. The van der Waals surface area contributed by atoms with Gasteiger partial charge in [0, 0.05) is 23.3 Å². The monoisotopic (exact) mass is 349 g/mol. The molecule has 0 heterocycles. The fourth-order valence-electron chi connectivity index (χ4n) is 2.03. The van der Waals surface area contributed by atoms with Crippen LogP contribution in [0.15, 0.2) is 48.5 Å². The van der Waals surface area contributed by atoms with Crippen LogP contribution in [0.1, 0.15) is 11.1 Å². The van der Waals surface area contributed by atoms with Crippen LogP contribution in [0.2, 0.25) is 0 Å². The van der Waals surface area contributed by atoms with E-state index in [2.05, 4.69) is 4.74 Å². The van der Waals surface area contributed by atoms with E-state index < -0.39 is 17.5 Å². The van der Waals surface area contributed by atoms with E-state index >= 15 is 0 Å². The summed E-state index contributed by atoms with van der Waals surface area (Å²) in [5.41, 5.74) is 0.531. The van der Waals surface area contributed by atoms with Crippen molar-refractivity contribution in [3.63, 3.8) is 0 Å². The highest BCUT2D eigenvalue weighted by molar-refractivity contribution is 5.89. The molecule has 0 N–H and O–H groups in total.